The first-order valence-corrected chi connectivity index (χ1v) is 12.1. The third-order valence-electron chi connectivity index (χ3n) is 4.58. The molecule has 0 aliphatic carbocycles. The maximum absolute atomic E-state index is 13.3. The molecule has 0 saturated carbocycles. The van der Waals surface area contributed by atoms with E-state index in [1.54, 1.807) is 14.1 Å². The first kappa shape index (κ1) is 23.6. The smallest absolute Gasteiger partial charge is 0.248 e. The first-order chi connectivity index (χ1) is 15.9. The third-order valence-corrected chi connectivity index (χ3v) is 6.03. The summed E-state index contributed by atoms with van der Waals surface area (Å²) in [6, 6.07) is 3.23. The minimum absolute atomic E-state index is 0.118. The van der Waals surface area contributed by atoms with Crippen LogP contribution >= 0.6 is 15.9 Å². The monoisotopic (exact) mass is 551 g/mol. The van der Waals surface area contributed by atoms with E-state index in [4.69, 9.17) is 5.73 Å². The first-order valence-electron chi connectivity index (χ1n) is 9.41. The third kappa shape index (κ3) is 4.56. The zero-order chi connectivity index (χ0) is 24.8. The van der Waals surface area contributed by atoms with Gasteiger partial charge >= 0.3 is 0 Å². The molecule has 1 aromatic carbocycles. The highest BCUT2D eigenvalue weighted by Crippen LogP contribution is 2.27. The van der Waals surface area contributed by atoms with E-state index in [0.29, 0.717) is 37.9 Å². The van der Waals surface area contributed by atoms with E-state index < -0.39 is 21.5 Å². The van der Waals surface area contributed by atoms with Crippen molar-refractivity contribution in [3.63, 3.8) is 0 Å². The van der Waals surface area contributed by atoms with E-state index in [9.17, 15) is 17.2 Å². The highest BCUT2D eigenvalue weighted by atomic mass is 79.9. The molecule has 176 valence electrons. The Morgan fingerprint density at radius 3 is 2.15 bits per heavy atom. The van der Waals surface area contributed by atoms with E-state index in [1.807, 2.05) is 0 Å². The molecule has 0 bridgehead atoms. The fraction of sp³-hybridized carbons (Fsp3) is 0.158. The van der Waals surface area contributed by atoms with Crippen molar-refractivity contribution in [2.75, 3.05) is 12.0 Å². The molecule has 0 atom stereocenters. The van der Waals surface area contributed by atoms with Crippen LogP contribution in [0.5, 0.6) is 0 Å². The van der Waals surface area contributed by atoms with Gasteiger partial charge in [0.2, 0.25) is 20.9 Å². The average Bonchev–Trinajstić information content (AvgIpc) is 3.23. The molecule has 4 aromatic heterocycles. The molecule has 11 nitrogen and oxygen atoms in total. The lowest BCUT2D eigenvalue weighted by Gasteiger charge is -1.99. The fourth-order valence-corrected chi connectivity index (χ4v) is 4.13. The fourth-order valence-electron chi connectivity index (χ4n) is 3.12. The molecule has 5 aromatic rings. The van der Waals surface area contributed by atoms with Crippen molar-refractivity contribution in [3.8, 4) is 11.3 Å². The summed E-state index contributed by atoms with van der Waals surface area (Å²) in [5, 5.41) is 9.34. The van der Waals surface area contributed by atoms with Gasteiger partial charge in [0.05, 0.1) is 10.8 Å². The Bertz CT molecular complexity index is 1650. The number of rotatable bonds is 2. The van der Waals surface area contributed by atoms with Gasteiger partial charge in [-0.15, -0.1) is 0 Å². The topological polar surface area (TPSA) is 147 Å². The molecule has 2 N–H and O–H groups in total. The van der Waals surface area contributed by atoms with Crippen molar-refractivity contribution in [2.24, 2.45) is 14.1 Å². The maximum Gasteiger partial charge on any atom is 0.248 e. The van der Waals surface area contributed by atoms with Gasteiger partial charge in [0.25, 0.3) is 0 Å². The minimum Gasteiger partial charge on any atom is -0.368 e. The Balaban J connectivity index is 0.000000166. The van der Waals surface area contributed by atoms with E-state index in [2.05, 4.69) is 46.1 Å². The normalized spacial score (nSPS) is 11.6. The van der Waals surface area contributed by atoms with Crippen LogP contribution in [0.4, 0.5) is 14.7 Å². The van der Waals surface area contributed by atoms with Crippen molar-refractivity contribution >= 4 is 53.8 Å². The zero-order valence-corrected chi connectivity index (χ0v) is 20.3. The van der Waals surface area contributed by atoms with Crippen LogP contribution < -0.4 is 5.73 Å². The number of benzene rings is 1. The van der Waals surface area contributed by atoms with Crippen molar-refractivity contribution < 1.29 is 17.2 Å². The standard InChI is InChI=1S/C12H9F2N5.C7H7BrN4O2S/c1-19-11-9(5-16-12(15)17-11)10(18-19)6-2-7(13)4-8(14)3-6;1-12-6-4(5(8)11-12)3-9-7(10-6)15(2,13)14/h2-5H,1H3,(H2,15,16,17);3H,1-2H3. The lowest BCUT2D eigenvalue weighted by atomic mass is 10.1. The molecular formula is C19H16BrF2N9O2S. The predicted octanol–water partition coefficient (Wildman–Crippen LogP) is 2.42. The summed E-state index contributed by atoms with van der Waals surface area (Å²) >= 11 is 3.23. The van der Waals surface area contributed by atoms with Crippen LogP contribution in [0.15, 0.2) is 40.4 Å². The number of nitrogen functional groups attached to an aromatic ring is 1. The molecule has 15 heteroatoms. The largest absolute Gasteiger partial charge is 0.368 e. The summed E-state index contributed by atoms with van der Waals surface area (Å²) in [6.07, 6.45) is 4.00. The lowest BCUT2D eigenvalue weighted by Crippen LogP contribution is -2.04. The SMILES string of the molecule is Cn1nc(-c2cc(F)cc(F)c2)c2cnc(N)nc21.Cn1nc(Br)c2cnc(S(C)(=O)=O)nc21. The zero-order valence-electron chi connectivity index (χ0n) is 17.9. The van der Waals surface area contributed by atoms with E-state index in [1.165, 1.54) is 33.9 Å². The van der Waals surface area contributed by atoms with Crippen LogP contribution in [0.2, 0.25) is 0 Å². The van der Waals surface area contributed by atoms with Gasteiger partial charge in [-0.3, -0.25) is 0 Å². The highest BCUT2D eigenvalue weighted by Gasteiger charge is 2.16. The van der Waals surface area contributed by atoms with E-state index >= 15 is 0 Å². The molecular weight excluding hydrogens is 536 g/mol. The number of nitrogens with zero attached hydrogens (tertiary/aromatic N) is 8. The summed E-state index contributed by atoms with van der Waals surface area (Å²) in [7, 11) is -0.0192. The van der Waals surface area contributed by atoms with E-state index in [0.717, 1.165) is 12.3 Å². The number of nitrogens with two attached hydrogens (primary N) is 1. The van der Waals surface area contributed by atoms with Gasteiger partial charge in [-0.2, -0.15) is 20.2 Å². The summed E-state index contributed by atoms with van der Waals surface area (Å²) in [5.74, 6) is -1.21. The van der Waals surface area contributed by atoms with Crippen molar-refractivity contribution in [3.05, 3.63) is 46.8 Å². The van der Waals surface area contributed by atoms with Gasteiger partial charge in [-0.05, 0) is 28.1 Å². The Morgan fingerprint density at radius 1 is 0.912 bits per heavy atom. The molecule has 0 aliphatic heterocycles. The molecule has 0 amide bonds. The Hall–Kier alpha value is -3.59. The van der Waals surface area contributed by atoms with Crippen molar-refractivity contribution in [1.29, 1.82) is 0 Å². The van der Waals surface area contributed by atoms with Crippen molar-refractivity contribution in [1.82, 2.24) is 39.5 Å². The van der Waals surface area contributed by atoms with E-state index in [-0.39, 0.29) is 11.1 Å². The van der Waals surface area contributed by atoms with Gasteiger partial charge in [-0.1, -0.05) is 0 Å². The number of anilines is 1. The van der Waals surface area contributed by atoms with Crippen LogP contribution in [0.25, 0.3) is 33.3 Å². The average molecular weight is 552 g/mol. The molecule has 0 spiro atoms. The van der Waals surface area contributed by atoms with Crippen LogP contribution in [0.3, 0.4) is 0 Å². The predicted molar refractivity (Wildman–Crippen MR) is 123 cm³/mol. The summed E-state index contributed by atoms with van der Waals surface area (Å²) < 4.78 is 52.6. The van der Waals surface area contributed by atoms with Gasteiger partial charge in [-0.25, -0.2) is 36.5 Å². The number of aromatic nitrogens is 8. The summed E-state index contributed by atoms with van der Waals surface area (Å²) in [4.78, 5) is 15.6. The molecule has 4 heterocycles. The second kappa shape index (κ2) is 8.64. The second-order valence-corrected chi connectivity index (χ2v) is 9.83. The van der Waals surface area contributed by atoms with Crippen LogP contribution in [0.1, 0.15) is 0 Å². The molecule has 0 radical (unpaired) electrons. The van der Waals surface area contributed by atoms with Crippen LogP contribution in [-0.2, 0) is 23.9 Å². The Labute approximate surface area is 199 Å². The molecule has 34 heavy (non-hydrogen) atoms. The van der Waals surface area contributed by atoms with Gasteiger partial charge in [0.1, 0.15) is 21.9 Å². The molecule has 5 rings (SSSR count). The number of halogens is 3. The van der Waals surface area contributed by atoms with Crippen LogP contribution in [-0.4, -0.2) is 54.2 Å². The molecule has 0 aliphatic rings. The highest BCUT2D eigenvalue weighted by molar-refractivity contribution is 9.10. The van der Waals surface area contributed by atoms with Gasteiger partial charge in [0.15, 0.2) is 11.3 Å². The number of hydrogen-bond acceptors (Lipinski definition) is 9. The summed E-state index contributed by atoms with van der Waals surface area (Å²) in [6.45, 7) is 0. The molecule has 0 fully saturated rings. The van der Waals surface area contributed by atoms with Gasteiger partial charge in [0, 0.05) is 44.4 Å². The number of hydrogen-bond donors (Lipinski definition) is 1. The molecule has 0 saturated heterocycles. The lowest BCUT2D eigenvalue weighted by molar-refractivity contribution is 0.584. The maximum atomic E-state index is 13.3. The summed E-state index contributed by atoms with van der Waals surface area (Å²) in [5.41, 5.74) is 7.24. The number of sulfone groups is 1. The minimum atomic E-state index is -3.38. The molecule has 0 unspecified atom stereocenters. The van der Waals surface area contributed by atoms with Crippen LogP contribution in [0, 0.1) is 11.6 Å². The second-order valence-electron chi connectivity index (χ2n) is 7.17. The number of fused-ring (bicyclic) bond motifs is 2. The Morgan fingerprint density at radius 2 is 1.50 bits per heavy atom. The number of aryl methyl sites for hydroxylation is 2. The quantitative estimate of drug-likeness (QED) is 0.326. The van der Waals surface area contributed by atoms with Crippen molar-refractivity contribution in [2.45, 2.75) is 5.16 Å². The van der Waals surface area contributed by atoms with Gasteiger partial charge < -0.3 is 5.73 Å². The Kier molecular flexibility index (Phi) is 5.99.